The largest absolute Gasteiger partial charge is 0.512 e. The third-order valence-corrected chi connectivity index (χ3v) is 0. The van der Waals surface area contributed by atoms with E-state index in [2.05, 4.69) is 0 Å². The Morgan fingerprint density at radius 1 is 0.308 bits per heavy atom. The Morgan fingerprint density at radius 2 is 0.308 bits per heavy atom. The molecule has 0 N–H and O–H groups in total. The van der Waals surface area contributed by atoms with Gasteiger partial charge in [-0.15, -0.1) is 0 Å². The van der Waals surface area contributed by atoms with Gasteiger partial charge in [0.05, 0.1) is 0 Å². The van der Waals surface area contributed by atoms with Gasteiger partial charge in [0.1, 0.15) is 0 Å². The van der Waals surface area contributed by atoms with Crippen LogP contribution in [0.2, 0.25) is 0 Å². The van der Waals surface area contributed by atoms with Crippen LogP contribution < -0.4 is 0 Å². The topological polar surface area (TPSA) is 143 Å². The first-order valence-corrected chi connectivity index (χ1v) is 1.34. The molecule has 0 saturated heterocycles. The van der Waals surface area contributed by atoms with Crippen LogP contribution in [-0.4, -0.2) is 0 Å². The molecular formula is C6FeN6-6. The molecule has 0 aromatic carbocycles. The predicted octanol–water partition coefficient (Wildman–Crippen LogP) is 0.576. The molecule has 6 nitrogen and oxygen atoms in total. The summed E-state index contributed by atoms with van der Waals surface area (Å²) in [5.74, 6) is 0. The molecule has 7 heteroatoms. The van der Waals surface area contributed by atoms with Gasteiger partial charge in [0.2, 0.25) is 0 Å². The van der Waals surface area contributed by atoms with Crippen LogP contribution in [0.5, 0.6) is 0 Å². The summed E-state index contributed by atoms with van der Waals surface area (Å²) in [6.07, 6.45) is 0. The smallest absolute Gasteiger partial charge is 0 e. The van der Waals surface area contributed by atoms with Gasteiger partial charge in [-0.3, -0.25) is 0 Å². The summed E-state index contributed by atoms with van der Waals surface area (Å²) < 4.78 is 0. The van der Waals surface area contributed by atoms with E-state index in [0.717, 1.165) is 0 Å². The first-order valence-electron chi connectivity index (χ1n) is 1.34. The minimum Gasteiger partial charge on any atom is -0.512 e. The molecule has 0 bridgehead atoms. The molecular weight excluding hydrogens is 212 g/mol. The third kappa shape index (κ3) is 81.6. The van der Waals surface area contributed by atoms with Crippen molar-refractivity contribution in [2.24, 2.45) is 0 Å². The summed E-state index contributed by atoms with van der Waals surface area (Å²) in [7, 11) is 0. The Kier molecular flexibility index (Phi) is 631. The Hall–Kier alpha value is -2.54. The van der Waals surface area contributed by atoms with Crippen LogP contribution in [0, 0.1) is 71.0 Å². The summed E-state index contributed by atoms with van der Waals surface area (Å²) in [5.41, 5.74) is 0. The second kappa shape index (κ2) is 105. The van der Waals surface area contributed by atoms with Crippen LogP contribution in [0.1, 0.15) is 0 Å². The van der Waals surface area contributed by atoms with E-state index in [1.165, 1.54) is 0 Å². The maximum absolute atomic E-state index is 6.25. The Bertz CT molecular complexity index is 92.1. The summed E-state index contributed by atoms with van der Waals surface area (Å²) in [6.45, 7) is 28.5. The SMILES string of the molecule is [C-]#N.[C-]#N.[C-]#N.[C-]#N.[C-]#N.[C-]#N.[Fe]. The first kappa shape index (κ1) is 78.2. The molecule has 0 radical (unpaired) electrons. The monoisotopic (exact) mass is 212 g/mol. The zero-order valence-corrected chi connectivity index (χ0v) is 7.14. The summed E-state index contributed by atoms with van der Waals surface area (Å²) in [6, 6.07) is 0. The van der Waals surface area contributed by atoms with Crippen molar-refractivity contribution in [1.29, 1.82) is 31.6 Å². The van der Waals surface area contributed by atoms with Gasteiger partial charge in [0.25, 0.3) is 0 Å². The molecule has 0 aliphatic heterocycles. The van der Waals surface area contributed by atoms with Gasteiger partial charge in [-0.2, -0.15) is 0 Å². The molecule has 0 amide bonds. The molecule has 0 rings (SSSR count). The van der Waals surface area contributed by atoms with Gasteiger partial charge < -0.3 is 71.0 Å². The van der Waals surface area contributed by atoms with Gasteiger partial charge in [0, 0.05) is 17.1 Å². The molecule has 0 saturated carbocycles. The van der Waals surface area contributed by atoms with Crippen molar-refractivity contribution in [2.75, 3.05) is 0 Å². The van der Waals surface area contributed by atoms with Gasteiger partial charge in [0.15, 0.2) is 0 Å². The van der Waals surface area contributed by atoms with Gasteiger partial charge in [-0.25, -0.2) is 0 Å². The molecule has 0 spiro atoms. The van der Waals surface area contributed by atoms with E-state index in [9.17, 15) is 0 Å². The molecule has 13 heavy (non-hydrogen) atoms. The number of nitrogens with zero attached hydrogens (tertiary/aromatic N) is 6. The second-order valence-corrected chi connectivity index (χ2v) is 0. The van der Waals surface area contributed by atoms with Crippen molar-refractivity contribution < 1.29 is 17.1 Å². The van der Waals surface area contributed by atoms with E-state index in [1.807, 2.05) is 0 Å². The minimum atomic E-state index is 0. The van der Waals surface area contributed by atoms with Crippen LogP contribution >= 0.6 is 0 Å². The fourth-order valence-corrected chi connectivity index (χ4v) is 0. The van der Waals surface area contributed by atoms with Crippen molar-refractivity contribution in [3.8, 4) is 0 Å². The Labute approximate surface area is 88.5 Å². The second-order valence-electron chi connectivity index (χ2n) is 0. The van der Waals surface area contributed by atoms with Crippen molar-refractivity contribution in [2.45, 2.75) is 0 Å². The van der Waals surface area contributed by atoms with Crippen molar-refractivity contribution in [1.82, 2.24) is 0 Å². The van der Waals surface area contributed by atoms with E-state index in [-0.39, 0.29) is 17.1 Å². The molecule has 68 valence electrons. The minimum absolute atomic E-state index is 0. The number of hydrogen-bond donors (Lipinski definition) is 0. The zero-order chi connectivity index (χ0) is 12.0. The van der Waals surface area contributed by atoms with E-state index in [4.69, 9.17) is 71.0 Å². The van der Waals surface area contributed by atoms with Gasteiger partial charge in [-0.05, 0) is 0 Å². The van der Waals surface area contributed by atoms with Crippen LogP contribution in [0.3, 0.4) is 0 Å². The molecule has 0 aliphatic carbocycles. The molecule has 0 aliphatic rings. The van der Waals surface area contributed by atoms with Crippen LogP contribution in [0.25, 0.3) is 0 Å². The standard InChI is InChI=1S/6CN.Fe/c6*1-2;/q6*-1;. The Balaban J connectivity index is -0.00000000655. The molecule has 0 fully saturated rings. The third-order valence-electron chi connectivity index (χ3n) is 0. The quantitative estimate of drug-likeness (QED) is 0.424. The van der Waals surface area contributed by atoms with Crippen molar-refractivity contribution >= 4 is 0 Å². The molecule has 0 aromatic heterocycles. The normalized spacial score (nSPS) is 0.923. The van der Waals surface area contributed by atoms with Crippen LogP contribution in [0.4, 0.5) is 0 Å². The Morgan fingerprint density at radius 3 is 0.308 bits per heavy atom. The summed E-state index contributed by atoms with van der Waals surface area (Å²) >= 11 is 0. The van der Waals surface area contributed by atoms with Gasteiger partial charge >= 0.3 is 0 Å². The zero-order valence-electron chi connectivity index (χ0n) is 6.04. The van der Waals surface area contributed by atoms with E-state index in [0.29, 0.717) is 0 Å². The van der Waals surface area contributed by atoms with Crippen LogP contribution in [0.15, 0.2) is 0 Å². The maximum atomic E-state index is 6.25. The molecule has 0 atom stereocenters. The van der Waals surface area contributed by atoms with Gasteiger partial charge in [-0.1, -0.05) is 0 Å². The predicted molar refractivity (Wildman–Crippen MR) is 29.8 cm³/mol. The molecule has 0 aromatic rings. The van der Waals surface area contributed by atoms with E-state index < -0.39 is 0 Å². The average Bonchev–Trinajstić information content (AvgIpc) is 2.33. The molecule has 0 heterocycles. The average molecular weight is 212 g/mol. The summed E-state index contributed by atoms with van der Waals surface area (Å²) in [5, 5.41) is 37.5. The fraction of sp³-hybridized carbons (Fsp3) is 0. The summed E-state index contributed by atoms with van der Waals surface area (Å²) in [4.78, 5) is 0. The maximum Gasteiger partial charge on any atom is 0 e. The first-order chi connectivity index (χ1) is 6.00. The van der Waals surface area contributed by atoms with Crippen molar-refractivity contribution in [3.63, 3.8) is 0 Å². The van der Waals surface area contributed by atoms with Crippen LogP contribution in [-0.2, 0) is 17.1 Å². The van der Waals surface area contributed by atoms with E-state index in [1.54, 1.807) is 0 Å². The van der Waals surface area contributed by atoms with Crippen molar-refractivity contribution in [3.05, 3.63) is 39.4 Å². The fourth-order valence-electron chi connectivity index (χ4n) is 0. The number of rotatable bonds is 0. The molecule has 0 unspecified atom stereocenters. The van der Waals surface area contributed by atoms with E-state index >= 15 is 0 Å². The number of hydrogen-bond acceptors (Lipinski definition) is 6.